The number of hydrogen-bond acceptors (Lipinski definition) is 4. The molecule has 2 aromatic rings. The molecule has 0 bridgehead atoms. The van der Waals surface area contributed by atoms with Crippen molar-refractivity contribution in [1.82, 2.24) is 15.2 Å². The van der Waals surface area contributed by atoms with E-state index < -0.39 is 0 Å². The van der Waals surface area contributed by atoms with E-state index in [1.165, 1.54) is 0 Å². The smallest absolute Gasteiger partial charge is 0.240 e. The van der Waals surface area contributed by atoms with Crippen molar-refractivity contribution in [2.75, 3.05) is 5.73 Å². The van der Waals surface area contributed by atoms with Crippen LogP contribution in [0.3, 0.4) is 0 Å². The van der Waals surface area contributed by atoms with Gasteiger partial charge in [-0.3, -0.25) is 0 Å². The summed E-state index contributed by atoms with van der Waals surface area (Å²) in [6, 6.07) is 7.75. The maximum atomic E-state index is 5.43. The van der Waals surface area contributed by atoms with Crippen LogP contribution < -0.4 is 5.73 Å². The second kappa shape index (κ2) is 3.71. The summed E-state index contributed by atoms with van der Waals surface area (Å²) >= 11 is 3.36. The predicted molar refractivity (Wildman–Crippen MR) is 57.4 cm³/mol. The first-order valence-electron chi connectivity index (χ1n) is 3.97. The van der Waals surface area contributed by atoms with E-state index in [0.29, 0.717) is 0 Å². The van der Waals surface area contributed by atoms with Crippen LogP contribution in [0.2, 0.25) is 0 Å². The van der Waals surface area contributed by atoms with Gasteiger partial charge in [0, 0.05) is 10.0 Å². The van der Waals surface area contributed by atoms with Gasteiger partial charge in [-0.2, -0.15) is 5.10 Å². The first-order valence-corrected chi connectivity index (χ1v) is 4.76. The van der Waals surface area contributed by atoms with Gasteiger partial charge in [0.25, 0.3) is 0 Å². The Labute approximate surface area is 89.3 Å². The van der Waals surface area contributed by atoms with E-state index in [-0.39, 0.29) is 5.95 Å². The van der Waals surface area contributed by atoms with Gasteiger partial charge in [0.1, 0.15) is 0 Å². The summed E-state index contributed by atoms with van der Waals surface area (Å²) in [6.45, 7) is 0. The van der Waals surface area contributed by atoms with Gasteiger partial charge in [0.15, 0.2) is 0 Å². The van der Waals surface area contributed by atoms with Crippen LogP contribution in [0.4, 0.5) is 5.95 Å². The van der Waals surface area contributed by atoms with E-state index in [0.717, 1.165) is 15.7 Å². The van der Waals surface area contributed by atoms with E-state index in [1.807, 2.05) is 24.3 Å². The highest BCUT2D eigenvalue weighted by atomic mass is 79.9. The quantitative estimate of drug-likeness (QED) is 0.840. The molecule has 0 atom stereocenters. The Kier molecular flexibility index (Phi) is 2.41. The van der Waals surface area contributed by atoms with Gasteiger partial charge in [-0.25, -0.2) is 4.98 Å². The minimum Gasteiger partial charge on any atom is -0.366 e. The maximum absolute atomic E-state index is 5.43. The second-order valence-electron chi connectivity index (χ2n) is 2.71. The molecule has 0 spiro atoms. The average molecular weight is 251 g/mol. The molecule has 0 radical (unpaired) electrons. The zero-order valence-corrected chi connectivity index (χ0v) is 8.77. The first-order chi connectivity index (χ1) is 6.75. The first kappa shape index (κ1) is 9.08. The van der Waals surface area contributed by atoms with E-state index >= 15 is 0 Å². The van der Waals surface area contributed by atoms with E-state index in [9.17, 15) is 0 Å². The van der Waals surface area contributed by atoms with Gasteiger partial charge in [0.2, 0.25) is 5.95 Å². The Morgan fingerprint density at radius 1 is 1.14 bits per heavy atom. The Bertz CT molecular complexity index is 441. The Morgan fingerprint density at radius 2 is 1.86 bits per heavy atom. The molecule has 14 heavy (non-hydrogen) atoms. The molecular weight excluding hydrogens is 244 g/mol. The molecule has 0 aliphatic rings. The van der Waals surface area contributed by atoms with Crippen molar-refractivity contribution in [2.45, 2.75) is 0 Å². The van der Waals surface area contributed by atoms with Gasteiger partial charge < -0.3 is 5.73 Å². The number of hydrogen-bond donors (Lipinski definition) is 1. The molecule has 2 rings (SSSR count). The molecule has 4 nitrogen and oxygen atoms in total. The summed E-state index contributed by atoms with van der Waals surface area (Å²) in [5.41, 5.74) is 7.13. The third-order valence-electron chi connectivity index (χ3n) is 1.72. The molecule has 1 aromatic heterocycles. The van der Waals surface area contributed by atoms with Gasteiger partial charge in [-0.15, -0.1) is 5.10 Å². The van der Waals surface area contributed by atoms with Crippen LogP contribution >= 0.6 is 15.9 Å². The molecule has 0 aliphatic heterocycles. The normalized spacial score (nSPS) is 10.1. The largest absolute Gasteiger partial charge is 0.366 e. The van der Waals surface area contributed by atoms with Crippen LogP contribution in [0.25, 0.3) is 11.3 Å². The van der Waals surface area contributed by atoms with Crippen LogP contribution in [0.15, 0.2) is 34.9 Å². The van der Waals surface area contributed by atoms with Crippen molar-refractivity contribution in [1.29, 1.82) is 0 Å². The van der Waals surface area contributed by atoms with Gasteiger partial charge in [-0.05, 0) is 12.1 Å². The van der Waals surface area contributed by atoms with E-state index in [1.54, 1.807) is 6.20 Å². The fourth-order valence-electron chi connectivity index (χ4n) is 1.08. The predicted octanol–water partition coefficient (Wildman–Crippen LogP) is 1.88. The highest BCUT2D eigenvalue weighted by Crippen LogP contribution is 2.18. The number of aromatic nitrogens is 3. The highest BCUT2D eigenvalue weighted by molar-refractivity contribution is 9.10. The number of nitrogens with two attached hydrogens (primary N) is 1. The SMILES string of the molecule is Nc1nncc(-c2ccc(Br)cc2)n1. The molecule has 1 heterocycles. The van der Waals surface area contributed by atoms with Crippen LogP contribution in [0.5, 0.6) is 0 Å². The number of nitrogen functional groups attached to an aromatic ring is 1. The maximum Gasteiger partial charge on any atom is 0.240 e. The van der Waals surface area contributed by atoms with Gasteiger partial charge in [-0.1, -0.05) is 28.1 Å². The molecule has 2 N–H and O–H groups in total. The van der Waals surface area contributed by atoms with Crippen LogP contribution in [0, 0.1) is 0 Å². The van der Waals surface area contributed by atoms with E-state index in [4.69, 9.17) is 5.73 Å². The molecule has 0 saturated carbocycles. The highest BCUT2D eigenvalue weighted by Gasteiger charge is 2.00. The molecule has 0 fully saturated rings. The Hall–Kier alpha value is -1.49. The second-order valence-corrected chi connectivity index (χ2v) is 3.62. The molecule has 70 valence electrons. The minimum absolute atomic E-state index is 0.186. The molecule has 0 amide bonds. The Morgan fingerprint density at radius 3 is 2.50 bits per heavy atom. The van der Waals surface area contributed by atoms with Crippen molar-refractivity contribution in [3.8, 4) is 11.3 Å². The lowest BCUT2D eigenvalue weighted by Gasteiger charge is -1.99. The summed E-state index contributed by atoms with van der Waals surface area (Å²) in [4.78, 5) is 4.06. The molecule has 5 heteroatoms. The van der Waals surface area contributed by atoms with Crippen molar-refractivity contribution in [3.05, 3.63) is 34.9 Å². The summed E-state index contributed by atoms with van der Waals surface area (Å²) in [6.07, 6.45) is 1.58. The summed E-state index contributed by atoms with van der Waals surface area (Å²) in [5, 5.41) is 7.32. The molecule has 0 aliphatic carbocycles. The van der Waals surface area contributed by atoms with Crippen molar-refractivity contribution >= 4 is 21.9 Å². The molecule has 0 saturated heterocycles. The topological polar surface area (TPSA) is 64.7 Å². The summed E-state index contributed by atoms with van der Waals surface area (Å²) in [5.74, 6) is 0.186. The van der Waals surface area contributed by atoms with Crippen LogP contribution in [-0.2, 0) is 0 Å². The summed E-state index contributed by atoms with van der Waals surface area (Å²) < 4.78 is 1.02. The monoisotopic (exact) mass is 250 g/mol. The fourth-order valence-corrected chi connectivity index (χ4v) is 1.34. The van der Waals surface area contributed by atoms with Crippen molar-refractivity contribution in [3.63, 3.8) is 0 Å². The third-order valence-corrected chi connectivity index (χ3v) is 2.24. The fraction of sp³-hybridized carbons (Fsp3) is 0. The summed E-state index contributed by atoms with van der Waals surface area (Å²) in [7, 11) is 0. The zero-order valence-electron chi connectivity index (χ0n) is 7.18. The molecule has 0 unspecified atom stereocenters. The lowest BCUT2D eigenvalue weighted by Crippen LogP contribution is -1.97. The van der Waals surface area contributed by atoms with Gasteiger partial charge >= 0.3 is 0 Å². The van der Waals surface area contributed by atoms with E-state index in [2.05, 4.69) is 31.1 Å². The van der Waals surface area contributed by atoms with Crippen LogP contribution in [-0.4, -0.2) is 15.2 Å². The van der Waals surface area contributed by atoms with Crippen molar-refractivity contribution in [2.24, 2.45) is 0 Å². The number of anilines is 1. The average Bonchev–Trinajstić information content (AvgIpc) is 2.19. The minimum atomic E-state index is 0.186. The number of halogens is 1. The molecular formula is C9H7BrN4. The standard InChI is InChI=1S/C9H7BrN4/c10-7-3-1-6(2-4-7)8-5-12-14-9(11)13-8/h1-5H,(H2,11,13,14). The zero-order chi connectivity index (χ0) is 9.97. The third kappa shape index (κ3) is 1.88. The number of nitrogens with zero attached hydrogens (tertiary/aromatic N) is 3. The lowest BCUT2D eigenvalue weighted by molar-refractivity contribution is 0.990. The lowest BCUT2D eigenvalue weighted by atomic mass is 10.2. The number of benzene rings is 1. The van der Waals surface area contributed by atoms with Crippen molar-refractivity contribution < 1.29 is 0 Å². The molecule has 1 aromatic carbocycles. The number of rotatable bonds is 1. The Balaban J connectivity index is 2.44. The van der Waals surface area contributed by atoms with Crippen LogP contribution in [0.1, 0.15) is 0 Å². The van der Waals surface area contributed by atoms with Gasteiger partial charge in [0.05, 0.1) is 11.9 Å².